The van der Waals surface area contributed by atoms with Gasteiger partial charge >= 0.3 is 5.97 Å². The second-order valence-electron chi connectivity index (χ2n) is 10.5. The van der Waals surface area contributed by atoms with Crippen LogP contribution in [0.25, 0.3) is 33.4 Å². The van der Waals surface area contributed by atoms with Crippen molar-refractivity contribution in [1.82, 2.24) is 14.5 Å². The third-order valence-electron chi connectivity index (χ3n) is 7.67. The maximum Gasteiger partial charge on any atom is 0.337 e. The van der Waals surface area contributed by atoms with Crippen LogP contribution in [0, 0.1) is 5.82 Å². The van der Waals surface area contributed by atoms with E-state index in [9.17, 15) is 4.79 Å². The summed E-state index contributed by atoms with van der Waals surface area (Å²) in [5.74, 6) is 0.329. The number of hydrogen-bond donors (Lipinski definition) is 0. The minimum Gasteiger partial charge on any atom is -0.473 e. The summed E-state index contributed by atoms with van der Waals surface area (Å²) in [5, 5.41) is 0. The Labute approximate surface area is 260 Å². The molecular weight excluding hydrogens is 569 g/mol. The first-order valence-corrected chi connectivity index (χ1v) is 14.6. The molecule has 0 bridgehead atoms. The Morgan fingerprint density at radius 3 is 2.42 bits per heavy atom. The molecule has 0 atom stereocenters. The molecule has 0 amide bonds. The Morgan fingerprint density at radius 2 is 1.62 bits per heavy atom. The fraction of sp³-hybridized carbons (Fsp3) is 0.162. The molecule has 2 heterocycles. The van der Waals surface area contributed by atoms with Crippen LogP contribution in [0.1, 0.15) is 27.3 Å². The van der Waals surface area contributed by atoms with Gasteiger partial charge in [0.15, 0.2) is 0 Å². The maximum atomic E-state index is 15.6. The van der Waals surface area contributed by atoms with Gasteiger partial charge in [-0.1, -0.05) is 72.8 Å². The van der Waals surface area contributed by atoms with Crippen molar-refractivity contribution in [2.45, 2.75) is 19.6 Å². The Hall–Kier alpha value is -5.34. The van der Waals surface area contributed by atoms with E-state index in [0.29, 0.717) is 59.4 Å². The number of imidazole rings is 1. The Balaban J connectivity index is 1.22. The van der Waals surface area contributed by atoms with Crippen LogP contribution in [0.2, 0.25) is 0 Å². The van der Waals surface area contributed by atoms with Gasteiger partial charge in [-0.3, -0.25) is 0 Å². The fourth-order valence-corrected chi connectivity index (χ4v) is 5.36. The second kappa shape index (κ2) is 13.5. The number of halogens is 1. The number of pyridine rings is 1. The summed E-state index contributed by atoms with van der Waals surface area (Å²) in [7, 11) is 2.96. The van der Waals surface area contributed by atoms with E-state index in [-0.39, 0.29) is 12.2 Å². The van der Waals surface area contributed by atoms with Gasteiger partial charge in [0, 0.05) is 31.7 Å². The van der Waals surface area contributed by atoms with Gasteiger partial charge in [0.1, 0.15) is 18.2 Å². The van der Waals surface area contributed by atoms with Crippen LogP contribution in [0.15, 0.2) is 109 Å². The van der Waals surface area contributed by atoms with E-state index >= 15 is 4.39 Å². The van der Waals surface area contributed by atoms with Gasteiger partial charge in [-0.2, -0.15) is 0 Å². The van der Waals surface area contributed by atoms with Crippen LogP contribution in [0.4, 0.5) is 4.39 Å². The van der Waals surface area contributed by atoms with Crippen molar-refractivity contribution < 1.29 is 23.4 Å². The molecule has 0 aliphatic heterocycles. The van der Waals surface area contributed by atoms with Gasteiger partial charge < -0.3 is 18.8 Å². The summed E-state index contributed by atoms with van der Waals surface area (Å²) in [5.41, 5.74) is 6.90. The zero-order valence-electron chi connectivity index (χ0n) is 25.1. The number of esters is 1. The van der Waals surface area contributed by atoms with Crippen LogP contribution in [-0.4, -0.2) is 41.3 Å². The molecule has 0 N–H and O–H groups in total. The quantitative estimate of drug-likeness (QED) is 0.143. The van der Waals surface area contributed by atoms with Crippen molar-refractivity contribution in [1.29, 1.82) is 0 Å². The van der Waals surface area contributed by atoms with E-state index in [1.54, 1.807) is 37.4 Å². The molecule has 7 nitrogen and oxygen atoms in total. The number of rotatable bonds is 11. The Kier molecular flexibility index (Phi) is 8.94. The van der Waals surface area contributed by atoms with Crippen molar-refractivity contribution in [3.8, 4) is 28.3 Å². The summed E-state index contributed by atoms with van der Waals surface area (Å²) in [4.78, 5) is 21.5. The van der Waals surface area contributed by atoms with E-state index in [1.165, 1.54) is 13.2 Å². The molecule has 0 radical (unpaired) electrons. The third-order valence-corrected chi connectivity index (χ3v) is 7.67. The molecule has 4 aromatic carbocycles. The number of nitrogens with zero attached hydrogens (tertiary/aromatic N) is 3. The van der Waals surface area contributed by atoms with Gasteiger partial charge in [-0.05, 0) is 52.6 Å². The van der Waals surface area contributed by atoms with Crippen LogP contribution in [0.3, 0.4) is 0 Å². The van der Waals surface area contributed by atoms with Crippen LogP contribution in [-0.2, 0) is 29.0 Å². The number of aromatic nitrogens is 3. The molecular formula is C37H32FN3O4. The van der Waals surface area contributed by atoms with E-state index < -0.39 is 5.97 Å². The number of carbonyl (C=O) groups excluding carboxylic acids is 1. The van der Waals surface area contributed by atoms with Crippen molar-refractivity contribution in [2.24, 2.45) is 0 Å². The van der Waals surface area contributed by atoms with Gasteiger partial charge in [-0.25, -0.2) is 19.2 Å². The number of carbonyl (C=O) groups is 1. The van der Waals surface area contributed by atoms with Gasteiger partial charge in [0.05, 0.1) is 36.0 Å². The molecule has 2 aromatic heterocycles. The molecule has 0 saturated heterocycles. The van der Waals surface area contributed by atoms with Crippen LogP contribution < -0.4 is 4.74 Å². The summed E-state index contributed by atoms with van der Waals surface area (Å²) >= 11 is 0. The minimum atomic E-state index is -0.431. The van der Waals surface area contributed by atoms with Crippen LogP contribution in [0.5, 0.6) is 5.88 Å². The molecule has 0 aliphatic rings. The molecule has 8 heteroatoms. The Bertz CT molecular complexity index is 1960. The molecule has 0 unspecified atom stereocenters. The van der Waals surface area contributed by atoms with E-state index in [4.69, 9.17) is 19.2 Å². The number of hydrogen-bond acceptors (Lipinski definition) is 6. The molecule has 6 rings (SSSR count). The third kappa shape index (κ3) is 6.61. The summed E-state index contributed by atoms with van der Waals surface area (Å²) < 4.78 is 33.8. The smallest absolute Gasteiger partial charge is 0.337 e. The summed E-state index contributed by atoms with van der Waals surface area (Å²) in [6, 6.07) is 34.1. The second-order valence-corrected chi connectivity index (χ2v) is 10.5. The number of fused-ring (bicyclic) bond motifs is 1. The highest BCUT2D eigenvalue weighted by Gasteiger charge is 2.17. The topological polar surface area (TPSA) is 75.5 Å². The molecule has 226 valence electrons. The zero-order valence-corrected chi connectivity index (χ0v) is 25.1. The largest absolute Gasteiger partial charge is 0.473 e. The number of ether oxygens (including phenoxy) is 3. The standard InChI is InChI=1S/C37H32FN3O4/c1-43-20-19-41-34-22-28(37(42)44-2)17-18-33(34)39-35(41)23-26-15-16-27(21-31(26)38)32-13-8-14-36(40-32)45-24-29-11-6-7-12-30(29)25-9-4-3-5-10-25/h3-18,21-22H,19-20,23-24H2,1-2H3. The highest BCUT2D eigenvalue weighted by Crippen LogP contribution is 2.27. The molecule has 0 fully saturated rings. The molecule has 6 aromatic rings. The van der Waals surface area contributed by atoms with E-state index in [2.05, 4.69) is 23.2 Å². The summed E-state index contributed by atoms with van der Waals surface area (Å²) in [6.07, 6.45) is 0.259. The number of benzene rings is 4. The highest BCUT2D eigenvalue weighted by molar-refractivity contribution is 5.93. The van der Waals surface area contributed by atoms with Gasteiger partial charge in [0.25, 0.3) is 0 Å². The van der Waals surface area contributed by atoms with E-state index in [1.807, 2.05) is 59.2 Å². The molecule has 0 spiro atoms. The first-order valence-electron chi connectivity index (χ1n) is 14.6. The maximum absolute atomic E-state index is 15.6. The van der Waals surface area contributed by atoms with Crippen molar-refractivity contribution in [3.05, 3.63) is 138 Å². The summed E-state index contributed by atoms with van der Waals surface area (Å²) in [6.45, 7) is 1.28. The van der Waals surface area contributed by atoms with E-state index in [0.717, 1.165) is 22.2 Å². The predicted octanol–water partition coefficient (Wildman–Crippen LogP) is 7.51. The monoisotopic (exact) mass is 601 g/mol. The molecule has 45 heavy (non-hydrogen) atoms. The normalized spacial score (nSPS) is 11.1. The van der Waals surface area contributed by atoms with Crippen molar-refractivity contribution in [3.63, 3.8) is 0 Å². The molecule has 0 saturated carbocycles. The average Bonchev–Trinajstić information content (AvgIpc) is 3.43. The lowest BCUT2D eigenvalue weighted by molar-refractivity contribution is 0.0601. The Morgan fingerprint density at radius 1 is 0.800 bits per heavy atom. The SMILES string of the molecule is COCCn1c(Cc2ccc(-c3cccc(OCc4ccccc4-c4ccccc4)n3)cc2F)nc2ccc(C(=O)OC)cc21. The van der Waals surface area contributed by atoms with Crippen LogP contribution >= 0.6 is 0 Å². The minimum absolute atomic E-state index is 0.259. The predicted molar refractivity (Wildman–Crippen MR) is 172 cm³/mol. The first-order chi connectivity index (χ1) is 22.0. The average molecular weight is 602 g/mol. The van der Waals surface area contributed by atoms with Crippen molar-refractivity contribution in [2.75, 3.05) is 20.8 Å². The molecule has 0 aliphatic carbocycles. The van der Waals surface area contributed by atoms with Gasteiger partial charge in [0.2, 0.25) is 5.88 Å². The lowest BCUT2D eigenvalue weighted by atomic mass is 10.0. The highest BCUT2D eigenvalue weighted by atomic mass is 19.1. The number of methoxy groups -OCH3 is 2. The lowest BCUT2D eigenvalue weighted by Crippen LogP contribution is -2.10. The lowest BCUT2D eigenvalue weighted by Gasteiger charge is -2.12. The zero-order chi connectivity index (χ0) is 31.2. The first kappa shape index (κ1) is 29.7. The van der Waals surface area contributed by atoms with Crippen molar-refractivity contribution >= 4 is 17.0 Å². The van der Waals surface area contributed by atoms with Gasteiger partial charge in [-0.15, -0.1) is 0 Å². The fourth-order valence-electron chi connectivity index (χ4n) is 5.36.